The lowest BCUT2D eigenvalue weighted by Gasteiger charge is -2.13. The average Bonchev–Trinajstić information content (AvgIpc) is 3.05. The number of hydrogen-bond donors (Lipinski definition) is 2. The predicted octanol–water partition coefficient (Wildman–Crippen LogP) is 3.64. The van der Waals surface area contributed by atoms with Gasteiger partial charge >= 0.3 is 0 Å². The summed E-state index contributed by atoms with van der Waals surface area (Å²) >= 11 is 1.75. The molecule has 0 aliphatic rings. The molecule has 0 spiro atoms. The molecule has 0 aliphatic carbocycles. The summed E-state index contributed by atoms with van der Waals surface area (Å²) in [5, 5.41) is 7.73. The molecule has 2 rings (SSSR count). The summed E-state index contributed by atoms with van der Waals surface area (Å²) in [7, 11) is 4.10. The maximum absolute atomic E-state index is 4.68. The first kappa shape index (κ1) is 21.7. The molecule has 0 amide bonds. The van der Waals surface area contributed by atoms with Gasteiger partial charge in [-0.3, -0.25) is 0 Å². The minimum absolute atomic E-state index is 0. The zero-order valence-electron chi connectivity index (χ0n) is 15.4. The minimum atomic E-state index is 0. The van der Waals surface area contributed by atoms with E-state index in [1.807, 2.05) is 20.3 Å². The monoisotopic (exact) mass is 473 g/mol. The maximum Gasteiger partial charge on any atom is 0.191 e. The predicted molar refractivity (Wildman–Crippen MR) is 119 cm³/mol. The first-order valence-electron chi connectivity index (χ1n) is 8.34. The number of aryl methyl sites for hydroxylation is 1. The molecule has 0 fully saturated rings. The number of benzene rings is 1. The van der Waals surface area contributed by atoms with Crippen LogP contribution in [-0.2, 0) is 19.5 Å². The molecule has 5 nitrogen and oxygen atoms in total. The third kappa shape index (κ3) is 7.19. The highest BCUT2D eigenvalue weighted by Crippen LogP contribution is 2.14. The van der Waals surface area contributed by atoms with Gasteiger partial charge in [-0.25, -0.2) is 9.98 Å². The smallest absolute Gasteiger partial charge is 0.191 e. The van der Waals surface area contributed by atoms with Gasteiger partial charge < -0.3 is 15.5 Å². The zero-order chi connectivity index (χ0) is 17.4. The molecule has 138 valence electrons. The van der Waals surface area contributed by atoms with Gasteiger partial charge in [0, 0.05) is 37.4 Å². The topological polar surface area (TPSA) is 52.6 Å². The molecule has 25 heavy (non-hydrogen) atoms. The Labute approximate surface area is 172 Å². The van der Waals surface area contributed by atoms with Gasteiger partial charge in [0.05, 0.1) is 13.1 Å². The standard InChI is InChI=1S/C18H27N5S.HI/c1-5-16-12-20-17(24-16)13-22-18(19-6-2)21-11-14-8-7-9-15(10-14)23(3)4;/h7-10,12H,5-6,11,13H2,1-4H3,(H2,19,21,22);1H. The number of nitrogens with zero attached hydrogens (tertiary/aromatic N) is 3. The number of anilines is 1. The first-order chi connectivity index (χ1) is 11.6. The van der Waals surface area contributed by atoms with E-state index in [9.17, 15) is 0 Å². The third-order valence-electron chi connectivity index (χ3n) is 3.55. The molecule has 1 heterocycles. The molecule has 0 bridgehead atoms. The summed E-state index contributed by atoms with van der Waals surface area (Å²) in [6.07, 6.45) is 2.99. The van der Waals surface area contributed by atoms with Crippen LogP contribution in [0.4, 0.5) is 5.69 Å². The Balaban J connectivity index is 0.00000312. The number of guanidine groups is 1. The Hall–Kier alpha value is -1.35. The molecule has 7 heteroatoms. The van der Waals surface area contributed by atoms with Crippen molar-refractivity contribution >= 4 is 47.0 Å². The molecule has 2 N–H and O–H groups in total. The first-order valence-corrected chi connectivity index (χ1v) is 9.16. The van der Waals surface area contributed by atoms with E-state index in [1.54, 1.807) is 11.3 Å². The fourth-order valence-corrected chi connectivity index (χ4v) is 3.00. The second-order valence-corrected chi connectivity index (χ2v) is 6.89. The van der Waals surface area contributed by atoms with Crippen molar-refractivity contribution in [1.29, 1.82) is 0 Å². The second-order valence-electron chi connectivity index (χ2n) is 5.69. The maximum atomic E-state index is 4.68. The van der Waals surface area contributed by atoms with Crippen LogP contribution in [0.5, 0.6) is 0 Å². The van der Waals surface area contributed by atoms with Gasteiger partial charge in [-0.05, 0) is 31.0 Å². The van der Waals surface area contributed by atoms with E-state index in [4.69, 9.17) is 0 Å². The molecule has 0 atom stereocenters. The highest BCUT2D eigenvalue weighted by atomic mass is 127. The molecule has 0 aliphatic heterocycles. The normalized spacial score (nSPS) is 11.0. The van der Waals surface area contributed by atoms with E-state index in [0.29, 0.717) is 13.1 Å². The van der Waals surface area contributed by atoms with Crippen LogP contribution in [-0.4, -0.2) is 31.6 Å². The minimum Gasteiger partial charge on any atom is -0.378 e. The van der Waals surface area contributed by atoms with Gasteiger partial charge in [0.1, 0.15) is 5.01 Å². The highest BCUT2D eigenvalue weighted by molar-refractivity contribution is 14.0. The van der Waals surface area contributed by atoms with Crippen molar-refractivity contribution in [2.45, 2.75) is 33.4 Å². The number of halogens is 1. The molecule has 0 saturated carbocycles. The fraction of sp³-hybridized carbons (Fsp3) is 0.444. The molecular formula is C18H28IN5S. The number of thiazole rings is 1. The van der Waals surface area contributed by atoms with Crippen LogP contribution in [0.25, 0.3) is 0 Å². The van der Waals surface area contributed by atoms with E-state index in [0.717, 1.165) is 23.9 Å². The molecule has 0 unspecified atom stereocenters. The number of rotatable bonds is 7. The molecule has 1 aromatic heterocycles. The van der Waals surface area contributed by atoms with Crippen LogP contribution < -0.4 is 15.5 Å². The van der Waals surface area contributed by atoms with Crippen molar-refractivity contribution < 1.29 is 0 Å². The summed E-state index contributed by atoms with van der Waals surface area (Å²) in [6.45, 7) is 6.41. The Morgan fingerprint density at radius 1 is 1.24 bits per heavy atom. The lowest BCUT2D eigenvalue weighted by atomic mass is 10.2. The quantitative estimate of drug-likeness (QED) is 0.366. The Kier molecular flexibility index (Phi) is 9.81. The van der Waals surface area contributed by atoms with Crippen molar-refractivity contribution in [3.8, 4) is 0 Å². The molecule has 2 aromatic rings. The lowest BCUT2D eigenvalue weighted by molar-refractivity contribution is 0.811. The summed E-state index contributed by atoms with van der Waals surface area (Å²) < 4.78 is 0. The number of aromatic nitrogens is 1. The highest BCUT2D eigenvalue weighted by Gasteiger charge is 2.03. The van der Waals surface area contributed by atoms with Crippen LogP contribution in [0.3, 0.4) is 0 Å². The van der Waals surface area contributed by atoms with Gasteiger partial charge in [-0.15, -0.1) is 35.3 Å². The summed E-state index contributed by atoms with van der Waals surface area (Å²) in [5.74, 6) is 0.820. The molecule has 0 saturated heterocycles. The number of hydrogen-bond acceptors (Lipinski definition) is 4. The zero-order valence-corrected chi connectivity index (χ0v) is 18.5. The van der Waals surface area contributed by atoms with Gasteiger partial charge in [-0.2, -0.15) is 0 Å². The molecule has 0 radical (unpaired) electrons. The summed E-state index contributed by atoms with van der Waals surface area (Å²) in [4.78, 5) is 12.5. The average molecular weight is 473 g/mol. The SMILES string of the molecule is CCNC(=NCc1cccc(N(C)C)c1)NCc1ncc(CC)s1.I. The van der Waals surface area contributed by atoms with E-state index in [2.05, 4.69) is 63.6 Å². The third-order valence-corrected chi connectivity index (χ3v) is 4.69. The van der Waals surface area contributed by atoms with Gasteiger partial charge in [0.2, 0.25) is 0 Å². The van der Waals surface area contributed by atoms with Gasteiger partial charge in [0.15, 0.2) is 5.96 Å². The summed E-state index contributed by atoms with van der Waals surface area (Å²) in [6, 6.07) is 8.45. The lowest BCUT2D eigenvalue weighted by Crippen LogP contribution is -2.36. The van der Waals surface area contributed by atoms with E-state index < -0.39 is 0 Å². The Morgan fingerprint density at radius 2 is 2.04 bits per heavy atom. The second kappa shape index (κ2) is 11.3. The summed E-state index contributed by atoms with van der Waals surface area (Å²) in [5.41, 5.74) is 2.39. The van der Waals surface area contributed by atoms with Crippen LogP contribution in [0.2, 0.25) is 0 Å². The van der Waals surface area contributed by atoms with Crippen molar-refractivity contribution in [3.05, 3.63) is 45.9 Å². The largest absolute Gasteiger partial charge is 0.378 e. The number of nitrogens with one attached hydrogen (secondary N) is 2. The molecular weight excluding hydrogens is 445 g/mol. The molecule has 1 aromatic carbocycles. The van der Waals surface area contributed by atoms with Crippen molar-refractivity contribution in [1.82, 2.24) is 15.6 Å². The Morgan fingerprint density at radius 3 is 2.68 bits per heavy atom. The van der Waals surface area contributed by atoms with E-state index >= 15 is 0 Å². The van der Waals surface area contributed by atoms with E-state index in [1.165, 1.54) is 16.1 Å². The van der Waals surface area contributed by atoms with Crippen molar-refractivity contribution in [2.75, 3.05) is 25.5 Å². The van der Waals surface area contributed by atoms with Crippen LogP contribution >= 0.6 is 35.3 Å². The number of aliphatic imine (C=N–C) groups is 1. The van der Waals surface area contributed by atoms with Crippen LogP contribution in [0, 0.1) is 0 Å². The van der Waals surface area contributed by atoms with Crippen LogP contribution in [0.1, 0.15) is 29.3 Å². The van der Waals surface area contributed by atoms with E-state index in [-0.39, 0.29) is 24.0 Å². The van der Waals surface area contributed by atoms with Gasteiger partial charge in [-0.1, -0.05) is 19.1 Å². The van der Waals surface area contributed by atoms with Gasteiger partial charge in [0.25, 0.3) is 0 Å². The Bertz CT molecular complexity index is 669. The van der Waals surface area contributed by atoms with Crippen molar-refractivity contribution in [3.63, 3.8) is 0 Å². The van der Waals surface area contributed by atoms with Crippen LogP contribution in [0.15, 0.2) is 35.5 Å². The van der Waals surface area contributed by atoms with Crippen molar-refractivity contribution in [2.24, 2.45) is 4.99 Å². The fourth-order valence-electron chi connectivity index (χ4n) is 2.20.